The Bertz CT molecular complexity index is 659. The van der Waals surface area contributed by atoms with E-state index in [0.29, 0.717) is 22.7 Å². The maximum absolute atomic E-state index is 11.0. The van der Waals surface area contributed by atoms with Crippen molar-refractivity contribution in [2.24, 2.45) is 0 Å². The zero-order valence-corrected chi connectivity index (χ0v) is 10.8. The maximum atomic E-state index is 11.0. The molecule has 0 aliphatic carbocycles. The number of aromatic nitrogens is 3. The first-order valence-corrected chi connectivity index (χ1v) is 5.86. The van der Waals surface area contributed by atoms with Crippen molar-refractivity contribution in [3.05, 3.63) is 38.6 Å². The van der Waals surface area contributed by atoms with Crippen LogP contribution in [-0.2, 0) is 6.54 Å². The first-order valence-electron chi connectivity index (χ1n) is 5.45. The number of rotatable bonds is 3. The average molecular weight is 264 g/mol. The van der Waals surface area contributed by atoms with Crippen molar-refractivity contribution in [2.75, 3.05) is 0 Å². The van der Waals surface area contributed by atoms with E-state index in [1.807, 2.05) is 13.8 Å². The fraction of sp³-hybridized carbons (Fsp3) is 0.273. The van der Waals surface area contributed by atoms with Crippen LogP contribution in [0.3, 0.4) is 0 Å². The molecular formula is C11H12N4O2S. The van der Waals surface area contributed by atoms with Crippen LogP contribution >= 0.6 is 12.2 Å². The second kappa shape index (κ2) is 4.69. The predicted molar refractivity (Wildman–Crippen MR) is 69.9 cm³/mol. The number of H-pyrrole nitrogens is 1. The third-order valence-corrected chi connectivity index (χ3v) is 2.98. The molecule has 0 spiro atoms. The van der Waals surface area contributed by atoms with Gasteiger partial charge in [-0.3, -0.25) is 15.2 Å². The van der Waals surface area contributed by atoms with Gasteiger partial charge < -0.3 is 4.57 Å². The molecule has 0 saturated heterocycles. The Morgan fingerprint density at radius 1 is 1.56 bits per heavy atom. The van der Waals surface area contributed by atoms with Crippen LogP contribution in [0.1, 0.15) is 12.5 Å². The van der Waals surface area contributed by atoms with Gasteiger partial charge in [0.05, 0.1) is 10.5 Å². The van der Waals surface area contributed by atoms with Crippen molar-refractivity contribution in [1.29, 1.82) is 0 Å². The zero-order valence-electron chi connectivity index (χ0n) is 10.0. The van der Waals surface area contributed by atoms with Gasteiger partial charge in [-0.2, -0.15) is 5.10 Å². The number of hydrogen-bond acceptors (Lipinski definition) is 4. The summed E-state index contributed by atoms with van der Waals surface area (Å²) in [4.78, 5) is 10.6. The second-order valence-corrected chi connectivity index (χ2v) is 4.26. The van der Waals surface area contributed by atoms with Gasteiger partial charge in [0.1, 0.15) is 0 Å². The minimum absolute atomic E-state index is 0.0318. The molecule has 1 aromatic carbocycles. The Balaban J connectivity index is 2.73. The molecule has 0 atom stereocenters. The molecule has 0 aliphatic heterocycles. The Labute approximate surface area is 108 Å². The molecule has 0 bridgehead atoms. The van der Waals surface area contributed by atoms with Crippen LogP contribution in [0.2, 0.25) is 0 Å². The molecular weight excluding hydrogens is 252 g/mol. The monoisotopic (exact) mass is 264 g/mol. The highest BCUT2D eigenvalue weighted by molar-refractivity contribution is 7.71. The number of aromatic amines is 1. The predicted octanol–water partition coefficient (Wildman–Crippen LogP) is 2.84. The lowest BCUT2D eigenvalue weighted by atomic mass is 10.1. The third-order valence-electron chi connectivity index (χ3n) is 2.66. The number of nitrogens with one attached hydrogen (secondary N) is 1. The molecule has 6 nitrogen and oxygen atoms in total. The summed E-state index contributed by atoms with van der Waals surface area (Å²) >= 11 is 5.09. The minimum atomic E-state index is -0.410. The van der Waals surface area contributed by atoms with Crippen LogP contribution in [0.15, 0.2) is 18.2 Å². The Kier molecular flexibility index (Phi) is 3.24. The first-order chi connectivity index (χ1) is 8.54. The van der Waals surface area contributed by atoms with Crippen molar-refractivity contribution in [3.63, 3.8) is 0 Å². The molecule has 0 saturated carbocycles. The lowest BCUT2D eigenvalue weighted by molar-refractivity contribution is -0.384. The highest BCUT2D eigenvalue weighted by Crippen LogP contribution is 2.29. The van der Waals surface area contributed by atoms with Crippen LogP contribution in [0, 0.1) is 21.8 Å². The molecule has 0 fully saturated rings. The van der Waals surface area contributed by atoms with Crippen LogP contribution in [-0.4, -0.2) is 19.7 Å². The molecule has 1 N–H and O–H groups in total. The van der Waals surface area contributed by atoms with Crippen molar-refractivity contribution >= 4 is 17.9 Å². The second-order valence-electron chi connectivity index (χ2n) is 3.87. The number of nitro benzene ring substituents is 1. The summed E-state index contributed by atoms with van der Waals surface area (Å²) in [6, 6.07) is 4.94. The van der Waals surface area contributed by atoms with Crippen molar-refractivity contribution < 1.29 is 4.92 Å². The van der Waals surface area contributed by atoms with E-state index in [1.54, 1.807) is 16.7 Å². The third kappa shape index (κ3) is 2.04. The molecule has 1 aromatic heterocycles. The summed E-state index contributed by atoms with van der Waals surface area (Å²) in [6.45, 7) is 4.40. The number of benzene rings is 1. The molecule has 2 rings (SSSR count). The van der Waals surface area contributed by atoms with Crippen molar-refractivity contribution in [3.8, 4) is 11.4 Å². The van der Waals surface area contributed by atoms with Gasteiger partial charge in [-0.05, 0) is 37.7 Å². The first kappa shape index (κ1) is 12.4. The van der Waals surface area contributed by atoms with E-state index < -0.39 is 4.92 Å². The largest absolute Gasteiger partial charge is 0.300 e. The standard InChI is InChI=1S/C11H12N4O2S/c1-3-14-10(12-13-11(14)18)8-6-7(2)4-5-9(8)15(16)17/h4-6H,3H2,1-2H3,(H,13,18). The highest BCUT2D eigenvalue weighted by Gasteiger charge is 2.19. The average Bonchev–Trinajstić information content (AvgIpc) is 2.69. The SMILES string of the molecule is CCn1c(-c2cc(C)ccc2[N+](=O)[O-])n[nH]c1=S. The molecule has 7 heteroatoms. The Hall–Kier alpha value is -2.02. The molecule has 0 amide bonds. The van der Waals surface area contributed by atoms with Crippen LogP contribution in [0.4, 0.5) is 5.69 Å². The summed E-state index contributed by atoms with van der Waals surface area (Å²) < 4.78 is 2.19. The van der Waals surface area contributed by atoms with Gasteiger partial charge in [0.25, 0.3) is 5.69 Å². The topological polar surface area (TPSA) is 76.8 Å². The lowest BCUT2D eigenvalue weighted by Gasteiger charge is -2.05. The summed E-state index contributed by atoms with van der Waals surface area (Å²) in [5, 5.41) is 17.8. The molecule has 18 heavy (non-hydrogen) atoms. The Morgan fingerprint density at radius 3 is 2.89 bits per heavy atom. The van der Waals surface area contributed by atoms with Gasteiger partial charge in [0.2, 0.25) is 0 Å². The van der Waals surface area contributed by atoms with Crippen LogP contribution in [0.25, 0.3) is 11.4 Å². The molecule has 2 aromatic rings. The summed E-state index contributed by atoms with van der Waals surface area (Å²) in [7, 11) is 0. The number of hydrogen-bond donors (Lipinski definition) is 1. The fourth-order valence-electron chi connectivity index (χ4n) is 1.80. The van der Waals surface area contributed by atoms with Crippen molar-refractivity contribution in [1.82, 2.24) is 14.8 Å². The molecule has 1 heterocycles. The van der Waals surface area contributed by atoms with E-state index in [0.717, 1.165) is 5.56 Å². The van der Waals surface area contributed by atoms with E-state index in [1.165, 1.54) is 6.07 Å². The molecule has 0 aliphatic rings. The molecule has 94 valence electrons. The van der Waals surface area contributed by atoms with Gasteiger partial charge in [-0.15, -0.1) is 0 Å². The van der Waals surface area contributed by atoms with Gasteiger partial charge in [-0.1, -0.05) is 6.07 Å². The van der Waals surface area contributed by atoms with E-state index >= 15 is 0 Å². The smallest absolute Gasteiger partial charge is 0.280 e. The van der Waals surface area contributed by atoms with Gasteiger partial charge >= 0.3 is 0 Å². The van der Waals surface area contributed by atoms with Crippen LogP contribution < -0.4 is 0 Å². The number of aryl methyl sites for hydroxylation is 1. The van der Waals surface area contributed by atoms with Crippen molar-refractivity contribution in [2.45, 2.75) is 20.4 Å². The number of nitrogens with zero attached hydrogens (tertiary/aromatic N) is 3. The van der Waals surface area contributed by atoms with Crippen LogP contribution in [0.5, 0.6) is 0 Å². The van der Waals surface area contributed by atoms with E-state index in [4.69, 9.17) is 12.2 Å². The zero-order chi connectivity index (χ0) is 13.3. The molecule has 0 unspecified atom stereocenters. The lowest BCUT2D eigenvalue weighted by Crippen LogP contribution is -2.01. The number of nitro groups is 1. The highest BCUT2D eigenvalue weighted by atomic mass is 32.1. The Morgan fingerprint density at radius 2 is 2.28 bits per heavy atom. The minimum Gasteiger partial charge on any atom is -0.300 e. The van der Waals surface area contributed by atoms with Gasteiger partial charge in [0, 0.05) is 12.6 Å². The normalized spacial score (nSPS) is 10.6. The molecule has 0 radical (unpaired) electrons. The van der Waals surface area contributed by atoms with E-state index in [9.17, 15) is 10.1 Å². The van der Waals surface area contributed by atoms with Gasteiger partial charge in [0.15, 0.2) is 10.6 Å². The summed E-state index contributed by atoms with van der Waals surface area (Å²) in [5.41, 5.74) is 1.45. The van der Waals surface area contributed by atoms with Gasteiger partial charge in [-0.25, -0.2) is 0 Å². The van der Waals surface area contributed by atoms with E-state index in [-0.39, 0.29) is 5.69 Å². The fourth-order valence-corrected chi connectivity index (χ4v) is 2.07. The maximum Gasteiger partial charge on any atom is 0.280 e. The summed E-state index contributed by atoms with van der Waals surface area (Å²) in [6.07, 6.45) is 0. The quantitative estimate of drug-likeness (QED) is 0.525. The van der Waals surface area contributed by atoms with E-state index in [2.05, 4.69) is 10.2 Å². The summed E-state index contributed by atoms with van der Waals surface area (Å²) in [5.74, 6) is 0.498.